The summed E-state index contributed by atoms with van der Waals surface area (Å²) in [6.45, 7) is 4.17. The van der Waals surface area contributed by atoms with Crippen LogP contribution in [-0.2, 0) is 0 Å². The fourth-order valence-electron chi connectivity index (χ4n) is 3.48. The molecule has 2 aromatic carbocycles. The molecule has 2 aromatic heterocycles. The first-order valence-electron chi connectivity index (χ1n) is 9.80. The third kappa shape index (κ3) is 3.72. The van der Waals surface area contributed by atoms with Crippen molar-refractivity contribution in [3.05, 3.63) is 83.7 Å². The number of nitrogens with one attached hydrogen (secondary N) is 1. The number of nitrogens with zero attached hydrogens (tertiary/aromatic N) is 2. The second-order valence-electron chi connectivity index (χ2n) is 6.95. The summed E-state index contributed by atoms with van der Waals surface area (Å²) in [4.78, 5) is 8.85. The molecule has 0 spiro atoms. The maximum Gasteiger partial charge on any atom is 0.163 e. The van der Waals surface area contributed by atoms with Gasteiger partial charge in [0.1, 0.15) is 17.1 Å². The van der Waals surface area contributed by atoms with Crippen LogP contribution in [0.3, 0.4) is 0 Å². The minimum absolute atomic E-state index is 0.0180. The van der Waals surface area contributed by atoms with Gasteiger partial charge in [0.25, 0.3) is 0 Å². The van der Waals surface area contributed by atoms with E-state index in [-0.39, 0.29) is 11.5 Å². The Morgan fingerprint density at radius 3 is 2.50 bits per heavy atom. The van der Waals surface area contributed by atoms with Gasteiger partial charge in [0.15, 0.2) is 11.5 Å². The number of hydrogen-bond donors (Lipinski definition) is 3. The molecule has 6 nitrogen and oxygen atoms in total. The summed E-state index contributed by atoms with van der Waals surface area (Å²) >= 11 is 0. The molecule has 0 saturated heterocycles. The Bertz CT molecular complexity index is 1180. The molecule has 3 N–H and O–H groups in total. The Morgan fingerprint density at radius 2 is 1.73 bits per heavy atom. The fraction of sp³-hybridized carbons (Fsp3) is 0.167. The van der Waals surface area contributed by atoms with Gasteiger partial charge in [-0.25, -0.2) is 9.97 Å². The minimum atomic E-state index is -0.577. The molecule has 2 heterocycles. The molecule has 0 saturated carbocycles. The second kappa shape index (κ2) is 8.29. The molecule has 0 aliphatic heterocycles. The van der Waals surface area contributed by atoms with Gasteiger partial charge in [-0.3, -0.25) is 0 Å². The van der Waals surface area contributed by atoms with Crippen LogP contribution in [0.4, 0.5) is 5.82 Å². The van der Waals surface area contributed by atoms with Gasteiger partial charge in [0, 0.05) is 28.4 Å². The Kier molecular flexibility index (Phi) is 5.39. The smallest absolute Gasteiger partial charge is 0.163 e. The first kappa shape index (κ1) is 19.5. The number of fused-ring (bicyclic) bond motifs is 1. The molecule has 0 fully saturated rings. The lowest BCUT2D eigenvalue weighted by molar-refractivity contribution is 0.316. The lowest BCUT2D eigenvalue weighted by Crippen LogP contribution is -2.14. The molecule has 4 aromatic rings. The number of ether oxygens (including phenoxy) is 1. The van der Waals surface area contributed by atoms with Gasteiger partial charge in [-0.1, -0.05) is 36.4 Å². The van der Waals surface area contributed by atoms with E-state index in [4.69, 9.17) is 4.74 Å². The first-order valence-corrected chi connectivity index (χ1v) is 9.80. The summed E-state index contributed by atoms with van der Waals surface area (Å²) in [5.41, 5.74) is 2.47. The largest absolute Gasteiger partial charge is 0.505 e. The standard InChI is InChI=1S/C24H23N3O3/c1-3-30-19-8-6-7-17(23(19)28)22(27-20-9-4-5-14-25-20)18-13-12-16-11-10-15(2)26-21(16)24(18)29/h4-14,22,28-29H,3H2,1-2H3,(H,25,27). The Hall–Kier alpha value is -3.80. The molecule has 0 amide bonds. The van der Waals surface area contributed by atoms with E-state index in [0.29, 0.717) is 34.8 Å². The van der Waals surface area contributed by atoms with E-state index in [2.05, 4.69) is 15.3 Å². The van der Waals surface area contributed by atoms with E-state index >= 15 is 0 Å². The van der Waals surface area contributed by atoms with Gasteiger partial charge in [0.05, 0.1) is 12.6 Å². The predicted octanol–water partition coefficient (Wildman–Crippen LogP) is 4.95. The van der Waals surface area contributed by atoms with Crippen LogP contribution < -0.4 is 10.1 Å². The third-order valence-corrected chi connectivity index (χ3v) is 4.92. The molecule has 152 valence electrons. The lowest BCUT2D eigenvalue weighted by Gasteiger charge is -2.23. The number of para-hydroxylation sites is 1. The van der Waals surface area contributed by atoms with Crippen molar-refractivity contribution < 1.29 is 14.9 Å². The van der Waals surface area contributed by atoms with E-state index in [0.717, 1.165) is 11.1 Å². The summed E-state index contributed by atoms with van der Waals surface area (Å²) in [5, 5.41) is 26.2. The molecule has 0 aliphatic carbocycles. The Morgan fingerprint density at radius 1 is 0.933 bits per heavy atom. The van der Waals surface area contributed by atoms with E-state index in [9.17, 15) is 10.2 Å². The highest BCUT2D eigenvalue weighted by molar-refractivity contribution is 5.86. The van der Waals surface area contributed by atoms with Crippen molar-refractivity contribution in [2.45, 2.75) is 19.9 Å². The van der Waals surface area contributed by atoms with Gasteiger partial charge in [-0.05, 0) is 38.1 Å². The SMILES string of the molecule is CCOc1cccc(C(Nc2ccccn2)c2ccc3ccc(C)nc3c2O)c1O. The molecule has 4 rings (SSSR count). The topological polar surface area (TPSA) is 87.5 Å². The van der Waals surface area contributed by atoms with Gasteiger partial charge in [0.2, 0.25) is 0 Å². The summed E-state index contributed by atoms with van der Waals surface area (Å²) in [7, 11) is 0. The van der Waals surface area contributed by atoms with Crippen LogP contribution in [0.2, 0.25) is 0 Å². The average molecular weight is 401 g/mol. The van der Waals surface area contributed by atoms with Gasteiger partial charge in [-0.15, -0.1) is 0 Å². The zero-order valence-electron chi connectivity index (χ0n) is 16.8. The zero-order valence-corrected chi connectivity index (χ0v) is 16.8. The monoisotopic (exact) mass is 401 g/mol. The van der Waals surface area contributed by atoms with Crippen LogP contribution in [0.5, 0.6) is 17.2 Å². The maximum atomic E-state index is 11.1. The normalized spacial score (nSPS) is 11.9. The van der Waals surface area contributed by atoms with Crippen LogP contribution in [0, 0.1) is 6.92 Å². The number of rotatable bonds is 6. The highest BCUT2D eigenvalue weighted by atomic mass is 16.5. The van der Waals surface area contributed by atoms with E-state index in [1.807, 2.05) is 62.4 Å². The first-order chi connectivity index (χ1) is 14.6. The van der Waals surface area contributed by atoms with Crippen molar-refractivity contribution >= 4 is 16.7 Å². The summed E-state index contributed by atoms with van der Waals surface area (Å²) in [6.07, 6.45) is 1.68. The molecule has 1 unspecified atom stereocenters. The molecule has 0 radical (unpaired) electrons. The molecule has 30 heavy (non-hydrogen) atoms. The fourth-order valence-corrected chi connectivity index (χ4v) is 3.48. The van der Waals surface area contributed by atoms with Gasteiger partial charge in [-0.2, -0.15) is 0 Å². The Labute approximate surface area is 174 Å². The summed E-state index contributed by atoms with van der Waals surface area (Å²) in [6, 6.07) is 17.9. The number of aromatic hydroxyl groups is 2. The van der Waals surface area contributed by atoms with Crippen LogP contribution in [-0.4, -0.2) is 26.8 Å². The number of anilines is 1. The number of phenolic OH excluding ortho intramolecular Hbond substituents is 2. The molecule has 0 bridgehead atoms. The Balaban J connectivity index is 1.90. The highest BCUT2D eigenvalue weighted by Crippen LogP contribution is 2.42. The highest BCUT2D eigenvalue weighted by Gasteiger charge is 2.24. The predicted molar refractivity (Wildman–Crippen MR) is 117 cm³/mol. The summed E-state index contributed by atoms with van der Waals surface area (Å²) < 4.78 is 5.56. The van der Waals surface area contributed by atoms with Crippen LogP contribution in [0.1, 0.15) is 29.8 Å². The van der Waals surface area contributed by atoms with Crippen molar-refractivity contribution in [2.24, 2.45) is 0 Å². The number of phenols is 2. The molecular formula is C24H23N3O3. The van der Waals surface area contributed by atoms with Crippen molar-refractivity contribution in [1.82, 2.24) is 9.97 Å². The maximum absolute atomic E-state index is 11.1. The average Bonchev–Trinajstić information content (AvgIpc) is 2.76. The van der Waals surface area contributed by atoms with Gasteiger partial charge >= 0.3 is 0 Å². The number of aryl methyl sites for hydroxylation is 1. The number of benzene rings is 2. The minimum Gasteiger partial charge on any atom is -0.505 e. The van der Waals surface area contributed by atoms with Crippen molar-refractivity contribution in [3.8, 4) is 17.2 Å². The van der Waals surface area contributed by atoms with Crippen LogP contribution in [0.15, 0.2) is 66.9 Å². The molecular weight excluding hydrogens is 378 g/mol. The summed E-state index contributed by atoms with van der Waals surface area (Å²) in [5.74, 6) is 1.08. The van der Waals surface area contributed by atoms with Gasteiger partial charge < -0.3 is 20.3 Å². The quantitative estimate of drug-likeness (QED) is 0.424. The van der Waals surface area contributed by atoms with Crippen molar-refractivity contribution in [2.75, 3.05) is 11.9 Å². The number of aromatic nitrogens is 2. The molecule has 6 heteroatoms. The van der Waals surface area contributed by atoms with E-state index in [1.165, 1.54) is 0 Å². The van der Waals surface area contributed by atoms with E-state index < -0.39 is 6.04 Å². The second-order valence-corrected chi connectivity index (χ2v) is 6.95. The van der Waals surface area contributed by atoms with Crippen molar-refractivity contribution in [3.63, 3.8) is 0 Å². The molecule has 0 aliphatic rings. The number of pyridine rings is 2. The zero-order chi connectivity index (χ0) is 21.1. The van der Waals surface area contributed by atoms with Crippen molar-refractivity contribution in [1.29, 1.82) is 0 Å². The number of hydrogen-bond acceptors (Lipinski definition) is 6. The van der Waals surface area contributed by atoms with E-state index in [1.54, 1.807) is 18.3 Å². The third-order valence-electron chi connectivity index (χ3n) is 4.92. The van der Waals surface area contributed by atoms with Crippen LogP contribution in [0.25, 0.3) is 10.9 Å². The lowest BCUT2D eigenvalue weighted by atomic mass is 9.95. The van der Waals surface area contributed by atoms with Crippen LogP contribution >= 0.6 is 0 Å². The molecule has 1 atom stereocenters.